The van der Waals surface area contributed by atoms with Gasteiger partial charge in [-0.3, -0.25) is 0 Å². The van der Waals surface area contributed by atoms with Crippen LogP contribution >= 0.6 is 0 Å². The minimum Gasteiger partial charge on any atom is -0.382 e. The Morgan fingerprint density at radius 3 is 2.85 bits per heavy atom. The van der Waals surface area contributed by atoms with Gasteiger partial charge in [-0.25, -0.2) is 0 Å². The summed E-state index contributed by atoms with van der Waals surface area (Å²) in [5.74, 6) is 0. The van der Waals surface area contributed by atoms with Crippen LogP contribution in [0.1, 0.15) is 39.7 Å². The largest absolute Gasteiger partial charge is 0.382 e. The molecule has 0 bridgehead atoms. The van der Waals surface area contributed by atoms with Gasteiger partial charge in [0.2, 0.25) is 0 Å². The van der Waals surface area contributed by atoms with E-state index in [2.05, 4.69) is 56.1 Å². The number of anilines is 2. The molecule has 3 heteroatoms. The lowest BCUT2D eigenvalue weighted by atomic mass is 9.97. The van der Waals surface area contributed by atoms with Gasteiger partial charge in [0.15, 0.2) is 0 Å². The summed E-state index contributed by atoms with van der Waals surface area (Å²) in [6.07, 6.45) is 2.69. The maximum atomic E-state index is 6.00. The monoisotopic (exact) mass is 274 g/mol. The number of rotatable bonds is 1. The Bertz CT molecular complexity index is 498. The third-order valence-electron chi connectivity index (χ3n) is 4.27. The molecule has 1 aromatic rings. The average molecular weight is 274 g/mol. The van der Waals surface area contributed by atoms with Gasteiger partial charge in [0.05, 0.1) is 11.7 Å². The lowest BCUT2D eigenvalue weighted by Gasteiger charge is -2.43. The van der Waals surface area contributed by atoms with Crippen LogP contribution in [0, 0.1) is 0 Å². The standard InChI is InChI=1S/C17H26N2O/c1-12-5-6-14-9-15(7-8-16(14)18-12)19-10-13(2)20-17(3,4)11-19/h7-9,12-13,18H,5-6,10-11H2,1-4H3. The second kappa shape index (κ2) is 4.96. The SMILES string of the molecule is CC1CCc2cc(N3CC(C)OC(C)(C)C3)ccc2N1. The van der Waals surface area contributed by atoms with E-state index in [9.17, 15) is 0 Å². The van der Waals surface area contributed by atoms with Crippen LogP contribution in [0.5, 0.6) is 0 Å². The van der Waals surface area contributed by atoms with Crippen LogP contribution in [0.4, 0.5) is 11.4 Å². The molecule has 3 rings (SSSR count). The van der Waals surface area contributed by atoms with Crippen molar-refractivity contribution in [2.45, 2.75) is 58.3 Å². The highest BCUT2D eigenvalue weighted by molar-refractivity contribution is 5.62. The van der Waals surface area contributed by atoms with Crippen LogP contribution < -0.4 is 10.2 Å². The van der Waals surface area contributed by atoms with Crippen molar-refractivity contribution in [3.05, 3.63) is 23.8 Å². The number of benzene rings is 1. The molecule has 0 aromatic heterocycles. The quantitative estimate of drug-likeness (QED) is 0.849. The molecule has 0 aliphatic carbocycles. The highest BCUT2D eigenvalue weighted by Gasteiger charge is 2.31. The maximum Gasteiger partial charge on any atom is 0.0805 e. The highest BCUT2D eigenvalue weighted by Crippen LogP contribution is 2.31. The summed E-state index contributed by atoms with van der Waals surface area (Å²) >= 11 is 0. The minimum absolute atomic E-state index is 0.0691. The molecule has 0 saturated carbocycles. The molecule has 1 N–H and O–H groups in total. The fourth-order valence-corrected chi connectivity index (χ4v) is 3.48. The predicted octanol–water partition coefficient (Wildman–Crippen LogP) is 3.44. The van der Waals surface area contributed by atoms with Crippen molar-refractivity contribution in [3.63, 3.8) is 0 Å². The topological polar surface area (TPSA) is 24.5 Å². The Morgan fingerprint density at radius 2 is 2.10 bits per heavy atom. The number of hydrogen-bond donors (Lipinski definition) is 1. The molecule has 2 atom stereocenters. The lowest BCUT2D eigenvalue weighted by molar-refractivity contribution is -0.0749. The zero-order valence-electron chi connectivity index (χ0n) is 13.1. The summed E-state index contributed by atoms with van der Waals surface area (Å²) in [5, 5.41) is 3.57. The summed E-state index contributed by atoms with van der Waals surface area (Å²) in [6, 6.07) is 7.45. The van der Waals surface area contributed by atoms with E-state index in [1.165, 1.54) is 29.8 Å². The number of fused-ring (bicyclic) bond motifs is 1. The van der Waals surface area contributed by atoms with E-state index < -0.39 is 0 Å². The summed E-state index contributed by atoms with van der Waals surface area (Å²) in [4.78, 5) is 2.46. The zero-order valence-corrected chi connectivity index (χ0v) is 13.1. The first-order chi connectivity index (χ1) is 9.43. The molecular formula is C17H26N2O. The molecular weight excluding hydrogens is 248 g/mol. The van der Waals surface area contributed by atoms with Crippen LogP contribution in [0.2, 0.25) is 0 Å². The number of aryl methyl sites for hydroxylation is 1. The van der Waals surface area contributed by atoms with Crippen molar-refractivity contribution < 1.29 is 4.74 Å². The first kappa shape index (κ1) is 13.7. The Kier molecular flexibility index (Phi) is 3.41. The van der Waals surface area contributed by atoms with E-state index in [1.807, 2.05) is 0 Å². The lowest BCUT2D eigenvalue weighted by Crippen LogP contribution is -2.52. The fraction of sp³-hybridized carbons (Fsp3) is 0.647. The Hall–Kier alpha value is -1.22. The van der Waals surface area contributed by atoms with Crippen LogP contribution in [0.15, 0.2) is 18.2 Å². The molecule has 2 unspecified atom stereocenters. The second-order valence-corrected chi connectivity index (χ2v) is 6.99. The fourth-order valence-electron chi connectivity index (χ4n) is 3.48. The predicted molar refractivity (Wildman–Crippen MR) is 84.7 cm³/mol. The molecule has 3 nitrogen and oxygen atoms in total. The number of nitrogens with zero attached hydrogens (tertiary/aromatic N) is 1. The molecule has 0 radical (unpaired) electrons. The zero-order chi connectivity index (χ0) is 14.3. The third-order valence-corrected chi connectivity index (χ3v) is 4.27. The molecule has 0 amide bonds. The Labute approximate surface area is 122 Å². The van der Waals surface area contributed by atoms with Crippen molar-refractivity contribution in [1.82, 2.24) is 0 Å². The van der Waals surface area contributed by atoms with E-state index in [4.69, 9.17) is 4.74 Å². The van der Waals surface area contributed by atoms with Crippen LogP contribution in [-0.4, -0.2) is 30.8 Å². The molecule has 20 heavy (non-hydrogen) atoms. The van der Waals surface area contributed by atoms with E-state index in [-0.39, 0.29) is 11.7 Å². The van der Waals surface area contributed by atoms with Crippen LogP contribution in [0.3, 0.4) is 0 Å². The third kappa shape index (κ3) is 2.78. The van der Waals surface area contributed by atoms with E-state index in [0.717, 1.165) is 13.1 Å². The van der Waals surface area contributed by atoms with Gasteiger partial charge in [0.25, 0.3) is 0 Å². The van der Waals surface area contributed by atoms with Gasteiger partial charge >= 0.3 is 0 Å². The number of nitrogens with one attached hydrogen (secondary N) is 1. The molecule has 0 spiro atoms. The summed E-state index contributed by atoms with van der Waals surface area (Å²) in [6.45, 7) is 10.7. The van der Waals surface area contributed by atoms with E-state index in [1.54, 1.807) is 0 Å². The van der Waals surface area contributed by atoms with Gasteiger partial charge in [-0.05, 0) is 64.3 Å². The van der Waals surface area contributed by atoms with Crippen molar-refractivity contribution >= 4 is 11.4 Å². The van der Waals surface area contributed by atoms with Gasteiger partial charge in [-0.2, -0.15) is 0 Å². The van der Waals surface area contributed by atoms with Crippen molar-refractivity contribution in [3.8, 4) is 0 Å². The van der Waals surface area contributed by atoms with Gasteiger partial charge in [0, 0.05) is 30.5 Å². The van der Waals surface area contributed by atoms with Gasteiger partial charge in [-0.15, -0.1) is 0 Å². The number of morpholine rings is 1. The molecule has 1 saturated heterocycles. The van der Waals surface area contributed by atoms with Gasteiger partial charge < -0.3 is 15.0 Å². The summed E-state index contributed by atoms with van der Waals surface area (Å²) < 4.78 is 6.00. The van der Waals surface area contributed by atoms with E-state index in [0.29, 0.717) is 6.04 Å². The molecule has 2 heterocycles. The molecule has 1 fully saturated rings. The summed E-state index contributed by atoms with van der Waals surface area (Å²) in [7, 11) is 0. The van der Waals surface area contributed by atoms with Crippen molar-refractivity contribution in [2.24, 2.45) is 0 Å². The number of hydrogen-bond acceptors (Lipinski definition) is 3. The first-order valence-electron chi connectivity index (χ1n) is 7.75. The van der Waals surface area contributed by atoms with Crippen molar-refractivity contribution in [2.75, 3.05) is 23.3 Å². The average Bonchev–Trinajstić information content (AvgIpc) is 2.35. The van der Waals surface area contributed by atoms with Gasteiger partial charge in [-0.1, -0.05) is 0 Å². The first-order valence-corrected chi connectivity index (χ1v) is 7.75. The van der Waals surface area contributed by atoms with Crippen LogP contribution in [0.25, 0.3) is 0 Å². The molecule has 2 aliphatic heterocycles. The smallest absolute Gasteiger partial charge is 0.0805 e. The van der Waals surface area contributed by atoms with E-state index >= 15 is 0 Å². The van der Waals surface area contributed by atoms with Crippen LogP contribution in [-0.2, 0) is 11.2 Å². The molecule has 1 aromatic carbocycles. The molecule has 2 aliphatic rings. The van der Waals surface area contributed by atoms with Crippen molar-refractivity contribution in [1.29, 1.82) is 0 Å². The second-order valence-electron chi connectivity index (χ2n) is 6.99. The Morgan fingerprint density at radius 1 is 1.30 bits per heavy atom. The van der Waals surface area contributed by atoms with Gasteiger partial charge in [0.1, 0.15) is 0 Å². The minimum atomic E-state index is -0.0691. The Balaban J connectivity index is 1.84. The summed E-state index contributed by atoms with van der Waals surface area (Å²) in [5.41, 5.74) is 4.04. The number of ether oxygens (including phenoxy) is 1. The maximum absolute atomic E-state index is 6.00. The normalized spacial score (nSPS) is 28.7. The molecule has 110 valence electrons. The highest BCUT2D eigenvalue weighted by atomic mass is 16.5.